The normalized spacial score (nSPS) is 10.7. The Balaban J connectivity index is 2.70. The molecule has 2 aromatic rings. The molecule has 1 heteroatoms. The molecule has 1 nitrogen and oxygen atoms in total. The number of hydrogen-bond donors (Lipinski definition) is 1. The van der Waals surface area contributed by atoms with Crippen LogP contribution in [0.15, 0.2) is 30.3 Å². The first-order valence-corrected chi connectivity index (χ1v) is 6.41. The summed E-state index contributed by atoms with van der Waals surface area (Å²) in [5, 5.41) is 0. The molecule has 2 aromatic carbocycles. The Hall–Kier alpha value is -1.60. The van der Waals surface area contributed by atoms with Gasteiger partial charge in [-0.1, -0.05) is 24.3 Å². The highest BCUT2D eigenvalue weighted by molar-refractivity contribution is 5.73. The van der Waals surface area contributed by atoms with Crippen molar-refractivity contribution in [1.82, 2.24) is 0 Å². The van der Waals surface area contributed by atoms with Gasteiger partial charge in [0.2, 0.25) is 0 Å². The summed E-state index contributed by atoms with van der Waals surface area (Å²) in [5.74, 6) is 0. The van der Waals surface area contributed by atoms with Gasteiger partial charge in [-0.25, -0.2) is 0 Å². The van der Waals surface area contributed by atoms with Crippen molar-refractivity contribution >= 4 is 0 Å². The zero-order valence-electron chi connectivity index (χ0n) is 11.7. The summed E-state index contributed by atoms with van der Waals surface area (Å²) < 4.78 is 0. The van der Waals surface area contributed by atoms with Gasteiger partial charge in [0.05, 0.1) is 0 Å². The Bertz CT molecular complexity index is 556. The fraction of sp³-hybridized carbons (Fsp3) is 0.294. The second-order valence-electron chi connectivity index (χ2n) is 5.04. The van der Waals surface area contributed by atoms with Gasteiger partial charge in [0, 0.05) is 6.54 Å². The van der Waals surface area contributed by atoms with Gasteiger partial charge in [-0.2, -0.15) is 0 Å². The third-order valence-corrected chi connectivity index (χ3v) is 3.82. The van der Waals surface area contributed by atoms with Gasteiger partial charge in [0.15, 0.2) is 0 Å². The first-order valence-electron chi connectivity index (χ1n) is 6.41. The van der Waals surface area contributed by atoms with Crippen LogP contribution < -0.4 is 5.73 Å². The van der Waals surface area contributed by atoms with Crippen LogP contribution in [0, 0.1) is 27.7 Å². The highest BCUT2D eigenvalue weighted by atomic mass is 14.5. The highest BCUT2D eigenvalue weighted by Crippen LogP contribution is 2.31. The van der Waals surface area contributed by atoms with Crippen LogP contribution in [0.4, 0.5) is 0 Å². The number of hydrogen-bond acceptors (Lipinski definition) is 1. The fourth-order valence-corrected chi connectivity index (χ4v) is 2.50. The van der Waals surface area contributed by atoms with Crippen LogP contribution in [-0.4, -0.2) is 0 Å². The molecule has 0 aliphatic rings. The molecule has 0 amide bonds. The van der Waals surface area contributed by atoms with E-state index in [1.54, 1.807) is 0 Å². The van der Waals surface area contributed by atoms with Gasteiger partial charge >= 0.3 is 0 Å². The average Bonchev–Trinajstić information content (AvgIpc) is 2.37. The molecule has 0 heterocycles. The van der Waals surface area contributed by atoms with Gasteiger partial charge < -0.3 is 5.73 Å². The van der Waals surface area contributed by atoms with Crippen molar-refractivity contribution in [3.05, 3.63) is 58.1 Å². The van der Waals surface area contributed by atoms with E-state index in [0.29, 0.717) is 6.54 Å². The van der Waals surface area contributed by atoms with Crippen LogP contribution >= 0.6 is 0 Å². The molecule has 0 aliphatic carbocycles. The van der Waals surface area contributed by atoms with Crippen molar-refractivity contribution in [1.29, 1.82) is 0 Å². The Labute approximate surface area is 110 Å². The zero-order chi connectivity index (χ0) is 13.3. The van der Waals surface area contributed by atoms with Gasteiger partial charge in [0.1, 0.15) is 0 Å². The molecule has 0 radical (unpaired) electrons. The Morgan fingerprint density at radius 1 is 0.889 bits per heavy atom. The Morgan fingerprint density at radius 2 is 1.50 bits per heavy atom. The van der Waals surface area contributed by atoms with Gasteiger partial charge in [-0.05, 0) is 72.7 Å². The minimum Gasteiger partial charge on any atom is -0.326 e. The summed E-state index contributed by atoms with van der Waals surface area (Å²) in [4.78, 5) is 0. The van der Waals surface area contributed by atoms with Gasteiger partial charge in [-0.3, -0.25) is 0 Å². The second-order valence-corrected chi connectivity index (χ2v) is 5.04. The summed E-state index contributed by atoms with van der Waals surface area (Å²) in [6, 6.07) is 10.8. The topological polar surface area (TPSA) is 26.0 Å². The summed E-state index contributed by atoms with van der Waals surface area (Å²) in [6.07, 6.45) is 0. The van der Waals surface area contributed by atoms with Gasteiger partial charge in [0.25, 0.3) is 0 Å². The SMILES string of the molecule is Cc1cc(C)c(C)c(-c2cccc(CN)c2)c1C. The molecule has 0 aromatic heterocycles. The maximum absolute atomic E-state index is 5.73. The molecule has 18 heavy (non-hydrogen) atoms. The van der Waals surface area contributed by atoms with Crippen molar-refractivity contribution in [3.63, 3.8) is 0 Å². The monoisotopic (exact) mass is 239 g/mol. The number of benzene rings is 2. The lowest BCUT2D eigenvalue weighted by atomic mass is 9.89. The number of rotatable bonds is 2. The predicted molar refractivity (Wildman–Crippen MR) is 78.7 cm³/mol. The van der Waals surface area contributed by atoms with Crippen molar-refractivity contribution in [3.8, 4) is 11.1 Å². The molecular formula is C17H21N. The van der Waals surface area contributed by atoms with E-state index in [4.69, 9.17) is 5.73 Å². The molecule has 0 saturated heterocycles. The third kappa shape index (κ3) is 2.19. The van der Waals surface area contributed by atoms with Crippen molar-refractivity contribution in [2.45, 2.75) is 34.2 Å². The van der Waals surface area contributed by atoms with Crippen molar-refractivity contribution in [2.75, 3.05) is 0 Å². The molecule has 0 spiro atoms. The van der Waals surface area contributed by atoms with Crippen LogP contribution in [0.5, 0.6) is 0 Å². The van der Waals surface area contributed by atoms with Crippen LogP contribution in [0.25, 0.3) is 11.1 Å². The van der Waals surface area contributed by atoms with E-state index in [0.717, 1.165) is 0 Å². The molecule has 0 fully saturated rings. The van der Waals surface area contributed by atoms with E-state index in [1.807, 2.05) is 0 Å². The first-order chi connectivity index (χ1) is 8.54. The molecule has 0 atom stereocenters. The maximum Gasteiger partial charge on any atom is 0.0178 e. The molecule has 94 valence electrons. The van der Waals surface area contributed by atoms with E-state index in [1.165, 1.54) is 38.9 Å². The fourth-order valence-electron chi connectivity index (χ4n) is 2.50. The van der Waals surface area contributed by atoms with Crippen LogP contribution in [0.2, 0.25) is 0 Å². The van der Waals surface area contributed by atoms with Crippen LogP contribution in [0.3, 0.4) is 0 Å². The lowest BCUT2D eigenvalue weighted by Crippen LogP contribution is -1.98. The van der Waals surface area contributed by atoms with Crippen LogP contribution in [-0.2, 0) is 6.54 Å². The van der Waals surface area contributed by atoms with E-state index in [-0.39, 0.29) is 0 Å². The zero-order valence-corrected chi connectivity index (χ0v) is 11.7. The summed E-state index contributed by atoms with van der Waals surface area (Å²) in [7, 11) is 0. The molecule has 0 saturated carbocycles. The Morgan fingerprint density at radius 3 is 2.06 bits per heavy atom. The van der Waals surface area contributed by atoms with Crippen molar-refractivity contribution < 1.29 is 0 Å². The molecular weight excluding hydrogens is 218 g/mol. The van der Waals surface area contributed by atoms with Crippen LogP contribution in [0.1, 0.15) is 27.8 Å². The van der Waals surface area contributed by atoms with E-state index < -0.39 is 0 Å². The molecule has 0 aliphatic heterocycles. The molecule has 2 N–H and O–H groups in total. The summed E-state index contributed by atoms with van der Waals surface area (Å²) >= 11 is 0. The molecule has 2 rings (SSSR count). The minimum absolute atomic E-state index is 0.594. The van der Waals surface area contributed by atoms with E-state index in [2.05, 4.69) is 58.0 Å². The third-order valence-electron chi connectivity index (χ3n) is 3.82. The van der Waals surface area contributed by atoms with Gasteiger partial charge in [-0.15, -0.1) is 0 Å². The predicted octanol–water partition coefficient (Wildman–Crippen LogP) is 4.05. The smallest absolute Gasteiger partial charge is 0.0178 e. The quantitative estimate of drug-likeness (QED) is 0.840. The maximum atomic E-state index is 5.73. The lowest BCUT2D eigenvalue weighted by molar-refractivity contribution is 1.07. The summed E-state index contributed by atoms with van der Waals surface area (Å²) in [5.41, 5.74) is 15.0. The van der Waals surface area contributed by atoms with E-state index >= 15 is 0 Å². The standard InChI is InChI=1S/C17H21N/c1-11-8-12(2)14(4)17(13(11)3)16-7-5-6-15(9-16)10-18/h5-9H,10,18H2,1-4H3. The second kappa shape index (κ2) is 4.95. The molecule has 0 bridgehead atoms. The van der Waals surface area contributed by atoms with E-state index in [9.17, 15) is 0 Å². The average molecular weight is 239 g/mol. The highest BCUT2D eigenvalue weighted by Gasteiger charge is 2.10. The molecule has 0 unspecified atom stereocenters. The number of aryl methyl sites for hydroxylation is 2. The summed E-state index contributed by atoms with van der Waals surface area (Å²) in [6.45, 7) is 9.35. The minimum atomic E-state index is 0.594. The lowest BCUT2D eigenvalue weighted by Gasteiger charge is -2.16. The largest absolute Gasteiger partial charge is 0.326 e. The van der Waals surface area contributed by atoms with Crippen molar-refractivity contribution in [2.24, 2.45) is 5.73 Å². The first kappa shape index (κ1) is 12.8. The number of nitrogens with two attached hydrogens (primary N) is 1. The Kier molecular flexibility index (Phi) is 3.53.